The van der Waals surface area contributed by atoms with Crippen molar-refractivity contribution in [2.75, 3.05) is 0 Å². The maximum absolute atomic E-state index is 14.1. The van der Waals surface area contributed by atoms with Crippen molar-refractivity contribution in [2.45, 2.75) is 44.0 Å². The summed E-state index contributed by atoms with van der Waals surface area (Å²) in [5, 5.41) is 11.1. The summed E-state index contributed by atoms with van der Waals surface area (Å²) in [6.45, 7) is 9.51. The number of nitrogens with zero attached hydrogens (tertiary/aromatic N) is 2. The van der Waals surface area contributed by atoms with E-state index in [4.69, 9.17) is 6.57 Å². The SMILES string of the molecule is [C-]#[N+]c1ccc(C(C)(C)CC(O)(Cn2ccc(=O)c3ccccc32)C(F)(F)F)cc1. The minimum atomic E-state index is -4.90. The molecule has 0 aliphatic rings. The Balaban J connectivity index is 2.02. The normalized spacial score (nSPS) is 14.3. The molecule has 3 rings (SSSR count). The predicted molar refractivity (Wildman–Crippen MR) is 110 cm³/mol. The first-order chi connectivity index (χ1) is 14.0. The van der Waals surface area contributed by atoms with Crippen molar-refractivity contribution in [1.29, 1.82) is 0 Å². The van der Waals surface area contributed by atoms with Crippen molar-refractivity contribution >= 4 is 16.6 Å². The molecule has 1 heterocycles. The van der Waals surface area contributed by atoms with Crippen LogP contribution < -0.4 is 5.43 Å². The highest BCUT2D eigenvalue weighted by Gasteiger charge is 2.56. The zero-order chi connectivity index (χ0) is 22.2. The monoisotopic (exact) mass is 414 g/mol. The van der Waals surface area contributed by atoms with Crippen molar-refractivity contribution in [3.63, 3.8) is 0 Å². The van der Waals surface area contributed by atoms with Crippen molar-refractivity contribution < 1.29 is 18.3 Å². The van der Waals surface area contributed by atoms with E-state index in [9.17, 15) is 23.1 Å². The van der Waals surface area contributed by atoms with Crippen molar-refractivity contribution in [1.82, 2.24) is 4.57 Å². The topological polar surface area (TPSA) is 46.6 Å². The molecule has 0 aliphatic heterocycles. The number of aromatic nitrogens is 1. The van der Waals surface area contributed by atoms with Crippen LogP contribution in [0.5, 0.6) is 0 Å². The highest BCUT2D eigenvalue weighted by atomic mass is 19.4. The molecule has 0 amide bonds. The van der Waals surface area contributed by atoms with E-state index in [2.05, 4.69) is 4.85 Å². The molecular weight excluding hydrogens is 393 g/mol. The number of fused-ring (bicyclic) bond motifs is 1. The summed E-state index contributed by atoms with van der Waals surface area (Å²) in [5.74, 6) is 0. The summed E-state index contributed by atoms with van der Waals surface area (Å²) in [6, 6.07) is 13.9. The molecule has 0 bridgehead atoms. The van der Waals surface area contributed by atoms with E-state index in [1.165, 1.54) is 16.8 Å². The number of pyridine rings is 1. The third-order valence-corrected chi connectivity index (χ3v) is 5.36. The number of rotatable bonds is 5. The lowest BCUT2D eigenvalue weighted by Crippen LogP contribution is -2.52. The van der Waals surface area contributed by atoms with Gasteiger partial charge in [0.25, 0.3) is 0 Å². The Hall–Kier alpha value is -3.11. The van der Waals surface area contributed by atoms with Gasteiger partial charge in [0.15, 0.2) is 16.7 Å². The molecule has 0 saturated heterocycles. The summed E-state index contributed by atoms with van der Waals surface area (Å²) in [7, 11) is 0. The third kappa shape index (κ3) is 4.10. The molecule has 4 nitrogen and oxygen atoms in total. The van der Waals surface area contributed by atoms with Crippen LogP contribution in [0.4, 0.5) is 18.9 Å². The van der Waals surface area contributed by atoms with Gasteiger partial charge in [-0.15, -0.1) is 0 Å². The zero-order valence-electron chi connectivity index (χ0n) is 16.6. The Morgan fingerprint density at radius 3 is 2.27 bits per heavy atom. The van der Waals surface area contributed by atoms with Gasteiger partial charge in [-0.1, -0.05) is 50.2 Å². The molecule has 3 aromatic rings. The molecule has 30 heavy (non-hydrogen) atoms. The van der Waals surface area contributed by atoms with Gasteiger partial charge in [-0.2, -0.15) is 13.2 Å². The number of para-hydroxylation sites is 1. The maximum Gasteiger partial charge on any atom is 0.418 e. The fourth-order valence-electron chi connectivity index (χ4n) is 3.75. The Bertz CT molecular complexity index is 1160. The molecule has 0 aliphatic carbocycles. The number of hydrogen-bond donors (Lipinski definition) is 1. The quantitative estimate of drug-likeness (QED) is 0.583. The highest BCUT2D eigenvalue weighted by molar-refractivity contribution is 5.78. The minimum Gasteiger partial charge on any atom is -0.379 e. The van der Waals surface area contributed by atoms with Crippen LogP contribution in [0, 0.1) is 6.57 Å². The maximum atomic E-state index is 14.1. The number of benzene rings is 2. The van der Waals surface area contributed by atoms with E-state index >= 15 is 0 Å². The zero-order valence-corrected chi connectivity index (χ0v) is 16.6. The van der Waals surface area contributed by atoms with E-state index in [1.807, 2.05) is 0 Å². The van der Waals surface area contributed by atoms with Gasteiger partial charge < -0.3 is 9.67 Å². The van der Waals surface area contributed by atoms with Crippen LogP contribution in [0.2, 0.25) is 0 Å². The summed E-state index contributed by atoms with van der Waals surface area (Å²) >= 11 is 0. The lowest BCUT2D eigenvalue weighted by atomic mass is 9.74. The van der Waals surface area contributed by atoms with Crippen molar-refractivity contribution in [2.24, 2.45) is 0 Å². The molecule has 2 aromatic carbocycles. The van der Waals surface area contributed by atoms with Crippen LogP contribution in [0.25, 0.3) is 15.7 Å². The third-order valence-electron chi connectivity index (χ3n) is 5.36. The van der Waals surface area contributed by atoms with E-state index < -0.39 is 30.2 Å². The highest BCUT2D eigenvalue weighted by Crippen LogP contribution is 2.42. The molecule has 0 saturated carbocycles. The standard InChI is InChI=1S/C23H21F3N2O2/c1-21(2,16-8-10-17(27-3)11-9-16)14-22(30,23(24,25)26)15-28-13-12-20(29)18-6-4-5-7-19(18)28/h4-13,30H,14-15H2,1-2H3. The first kappa shape index (κ1) is 21.6. The molecule has 156 valence electrons. The number of alkyl halides is 3. The molecule has 0 spiro atoms. The predicted octanol–water partition coefficient (Wildman–Crippen LogP) is 5.21. The summed E-state index contributed by atoms with van der Waals surface area (Å²) in [4.78, 5) is 15.3. The van der Waals surface area contributed by atoms with Crippen LogP contribution in [0.3, 0.4) is 0 Å². The van der Waals surface area contributed by atoms with Crippen molar-refractivity contribution in [3.05, 3.63) is 88.0 Å². The molecule has 1 aromatic heterocycles. The number of hydrogen-bond acceptors (Lipinski definition) is 2. The molecule has 0 radical (unpaired) electrons. The van der Waals surface area contributed by atoms with Gasteiger partial charge in [0.2, 0.25) is 0 Å². The Labute approximate surface area is 172 Å². The van der Waals surface area contributed by atoms with Crippen LogP contribution in [0.15, 0.2) is 65.6 Å². The molecule has 0 fully saturated rings. The van der Waals surface area contributed by atoms with Crippen LogP contribution >= 0.6 is 0 Å². The smallest absolute Gasteiger partial charge is 0.379 e. The Morgan fingerprint density at radius 2 is 1.67 bits per heavy atom. The lowest BCUT2D eigenvalue weighted by Gasteiger charge is -2.38. The molecule has 1 atom stereocenters. The van der Waals surface area contributed by atoms with E-state index in [-0.39, 0.29) is 5.43 Å². The lowest BCUT2D eigenvalue weighted by molar-refractivity contribution is -0.271. The van der Waals surface area contributed by atoms with Crippen LogP contribution in [0.1, 0.15) is 25.8 Å². The Morgan fingerprint density at radius 1 is 1.03 bits per heavy atom. The number of halogens is 3. The Kier molecular flexibility index (Phi) is 5.48. The average Bonchev–Trinajstić information content (AvgIpc) is 2.69. The van der Waals surface area contributed by atoms with E-state index in [0.717, 1.165) is 0 Å². The van der Waals surface area contributed by atoms with E-state index in [0.29, 0.717) is 22.2 Å². The summed E-state index contributed by atoms with van der Waals surface area (Å²) in [6.07, 6.45) is -4.22. The second-order valence-electron chi connectivity index (χ2n) is 8.07. The van der Waals surface area contributed by atoms with Gasteiger partial charge in [0.05, 0.1) is 18.6 Å². The van der Waals surface area contributed by atoms with Crippen LogP contribution in [-0.4, -0.2) is 21.5 Å². The van der Waals surface area contributed by atoms with Gasteiger partial charge in [-0.05, 0) is 29.5 Å². The molecule has 7 heteroatoms. The molecule has 1 N–H and O–H groups in total. The first-order valence-corrected chi connectivity index (χ1v) is 9.32. The van der Waals surface area contributed by atoms with Crippen LogP contribution in [-0.2, 0) is 12.0 Å². The number of aliphatic hydroxyl groups is 1. The van der Waals surface area contributed by atoms with E-state index in [1.54, 1.807) is 62.4 Å². The van der Waals surface area contributed by atoms with Gasteiger partial charge in [-0.3, -0.25) is 4.79 Å². The second kappa shape index (κ2) is 7.62. The average molecular weight is 414 g/mol. The largest absolute Gasteiger partial charge is 0.418 e. The van der Waals surface area contributed by atoms with Gasteiger partial charge in [0, 0.05) is 17.6 Å². The fraction of sp³-hybridized carbons (Fsp3) is 0.304. The summed E-state index contributed by atoms with van der Waals surface area (Å²) in [5.41, 5.74) is -3.06. The summed E-state index contributed by atoms with van der Waals surface area (Å²) < 4.78 is 43.5. The first-order valence-electron chi connectivity index (χ1n) is 9.32. The fourth-order valence-corrected chi connectivity index (χ4v) is 3.75. The minimum absolute atomic E-state index is 0.290. The van der Waals surface area contributed by atoms with Crippen molar-refractivity contribution in [3.8, 4) is 0 Å². The molecule has 1 unspecified atom stereocenters. The van der Waals surface area contributed by atoms with Gasteiger partial charge in [-0.25, -0.2) is 4.85 Å². The second-order valence-corrected chi connectivity index (χ2v) is 8.07. The van der Waals surface area contributed by atoms with Gasteiger partial charge in [0.1, 0.15) is 0 Å². The van der Waals surface area contributed by atoms with Gasteiger partial charge >= 0.3 is 6.18 Å². The molecular formula is C23H21F3N2O2.